The molecule has 0 aromatic heterocycles. The molecular formula is C20H30ClN3O3. The van der Waals surface area contributed by atoms with Gasteiger partial charge in [0.25, 0.3) is 0 Å². The molecule has 0 bridgehead atoms. The van der Waals surface area contributed by atoms with Gasteiger partial charge in [-0.2, -0.15) is 0 Å². The normalized spacial score (nSPS) is 23.7. The number of piperidine rings is 2. The molecule has 2 heterocycles. The van der Waals surface area contributed by atoms with E-state index >= 15 is 0 Å². The highest BCUT2D eigenvalue weighted by molar-refractivity contribution is 5.85. The standard InChI is InChI=1S/C20H29N3O3.ClH/c1-22-18(24)8-7-17(19(22)15-3-5-16(26-2)6-4-15)20(25)23-11-9-14(13-21)10-12-23;/h3-6,14,17,19H,7-13,21H2,1-2H3;1H. The highest BCUT2D eigenvalue weighted by Gasteiger charge is 2.41. The second kappa shape index (κ2) is 9.42. The fourth-order valence-electron chi connectivity index (χ4n) is 4.18. The number of rotatable bonds is 4. The van der Waals surface area contributed by atoms with E-state index < -0.39 is 0 Å². The summed E-state index contributed by atoms with van der Waals surface area (Å²) < 4.78 is 5.23. The molecule has 0 saturated carbocycles. The zero-order valence-electron chi connectivity index (χ0n) is 16.1. The van der Waals surface area contributed by atoms with Crippen molar-refractivity contribution in [3.8, 4) is 5.75 Å². The molecule has 2 amide bonds. The Balaban J connectivity index is 0.00000261. The van der Waals surface area contributed by atoms with Crippen molar-refractivity contribution in [2.45, 2.75) is 31.7 Å². The van der Waals surface area contributed by atoms with Gasteiger partial charge in [0.05, 0.1) is 19.1 Å². The molecule has 27 heavy (non-hydrogen) atoms. The van der Waals surface area contributed by atoms with Crippen molar-refractivity contribution in [1.29, 1.82) is 0 Å². The van der Waals surface area contributed by atoms with Gasteiger partial charge in [0, 0.05) is 26.6 Å². The lowest BCUT2D eigenvalue weighted by atomic mass is 9.83. The molecule has 6 nitrogen and oxygen atoms in total. The number of halogens is 1. The van der Waals surface area contributed by atoms with Crippen LogP contribution in [-0.4, -0.2) is 55.4 Å². The maximum absolute atomic E-state index is 13.2. The van der Waals surface area contributed by atoms with E-state index in [9.17, 15) is 9.59 Å². The van der Waals surface area contributed by atoms with Gasteiger partial charge in [-0.15, -0.1) is 12.4 Å². The Kier molecular flexibility index (Phi) is 7.50. The Morgan fingerprint density at radius 3 is 2.37 bits per heavy atom. The molecule has 0 spiro atoms. The zero-order valence-corrected chi connectivity index (χ0v) is 16.9. The molecule has 1 aromatic carbocycles. The highest BCUT2D eigenvalue weighted by atomic mass is 35.5. The molecule has 0 radical (unpaired) electrons. The van der Waals surface area contributed by atoms with Gasteiger partial charge < -0.3 is 20.3 Å². The molecule has 2 aliphatic rings. The first kappa shape index (κ1) is 21.5. The molecule has 2 saturated heterocycles. The minimum absolute atomic E-state index is 0. The average Bonchev–Trinajstić information content (AvgIpc) is 2.69. The summed E-state index contributed by atoms with van der Waals surface area (Å²) in [5, 5.41) is 0. The summed E-state index contributed by atoms with van der Waals surface area (Å²) in [5.41, 5.74) is 6.75. The summed E-state index contributed by atoms with van der Waals surface area (Å²) in [5.74, 6) is 1.36. The Hall–Kier alpha value is -1.79. The van der Waals surface area contributed by atoms with Crippen LogP contribution in [0.4, 0.5) is 0 Å². The van der Waals surface area contributed by atoms with Crippen LogP contribution in [-0.2, 0) is 9.59 Å². The number of carbonyl (C=O) groups is 2. The third-order valence-corrected chi connectivity index (χ3v) is 5.90. The predicted octanol–water partition coefficient (Wildman–Crippen LogP) is 2.22. The number of ether oxygens (including phenoxy) is 1. The van der Waals surface area contributed by atoms with Crippen LogP contribution in [0, 0.1) is 11.8 Å². The quantitative estimate of drug-likeness (QED) is 0.848. The van der Waals surface area contributed by atoms with Crippen molar-refractivity contribution in [2.24, 2.45) is 17.6 Å². The molecule has 2 unspecified atom stereocenters. The van der Waals surface area contributed by atoms with Crippen LogP contribution in [0.2, 0.25) is 0 Å². The summed E-state index contributed by atoms with van der Waals surface area (Å²) in [6.07, 6.45) is 2.97. The molecule has 1 aromatic rings. The summed E-state index contributed by atoms with van der Waals surface area (Å²) >= 11 is 0. The Morgan fingerprint density at radius 1 is 1.19 bits per heavy atom. The van der Waals surface area contributed by atoms with E-state index in [1.54, 1.807) is 19.1 Å². The number of hydrogen-bond donors (Lipinski definition) is 1. The van der Waals surface area contributed by atoms with Crippen LogP contribution in [0.3, 0.4) is 0 Å². The van der Waals surface area contributed by atoms with Crippen molar-refractivity contribution >= 4 is 24.2 Å². The third kappa shape index (κ3) is 4.55. The van der Waals surface area contributed by atoms with Crippen molar-refractivity contribution in [3.05, 3.63) is 29.8 Å². The maximum Gasteiger partial charge on any atom is 0.228 e. The van der Waals surface area contributed by atoms with Crippen LogP contribution < -0.4 is 10.5 Å². The number of methoxy groups -OCH3 is 1. The minimum Gasteiger partial charge on any atom is -0.497 e. The third-order valence-electron chi connectivity index (χ3n) is 5.90. The summed E-state index contributed by atoms with van der Waals surface area (Å²) in [4.78, 5) is 29.2. The second-order valence-electron chi connectivity index (χ2n) is 7.37. The lowest BCUT2D eigenvalue weighted by Gasteiger charge is -2.42. The summed E-state index contributed by atoms with van der Waals surface area (Å²) in [6.45, 7) is 2.23. The van der Waals surface area contributed by atoms with Gasteiger partial charge in [-0.05, 0) is 49.4 Å². The first-order valence-electron chi connectivity index (χ1n) is 9.43. The predicted molar refractivity (Wildman–Crippen MR) is 107 cm³/mol. The molecule has 0 aliphatic carbocycles. The van der Waals surface area contributed by atoms with Crippen molar-refractivity contribution in [2.75, 3.05) is 33.8 Å². The van der Waals surface area contributed by atoms with Gasteiger partial charge in [0.1, 0.15) is 5.75 Å². The van der Waals surface area contributed by atoms with Gasteiger partial charge in [0.15, 0.2) is 0 Å². The summed E-state index contributed by atoms with van der Waals surface area (Å²) in [7, 11) is 3.43. The highest BCUT2D eigenvalue weighted by Crippen LogP contribution is 2.38. The van der Waals surface area contributed by atoms with E-state index in [1.807, 2.05) is 29.2 Å². The fraction of sp³-hybridized carbons (Fsp3) is 0.600. The minimum atomic E-state index is -0.220. The number of nitrogens with zero attached hydrogens (tertiary/aromatic N) is 2. The molecule has 2 atom stereocenters. The number of nitrogens with two attached hydrogens (primary N) is 1. The Labute approximate surface area is 167 Å². The van der Waals surface area contributed by atoms with Crippen LogP contribution in [0.15, 0.2) is 24.3 Å². The molecular weight excluding hydrogens is 366 g/mol. The SMILES string of the molecule is COc1ccc(C2C(C(=O)N3CCC(CN)CC3)CCC(=O)N2C)cc1.Cl. The lowest BCUT2D eigenvalue weighted by Crippen LogP contribution is -2.49. The molecule has 2 N–H and O–H groups in total. The maximum atomic E-state index is 13.2. The van der Waals surface area contributed by atoms with Crippen LogP contribution in [0.1, 0.15) is 37.3 Å². The smallest absolute Gasteiger partial charge is 0.228 e. The van der Waals surface area contributed by atoms with E-state index in [2.05, 4.69) is 0 Å². The zero-order chi connectivity index (χ0) is 18.7. The van der Waals surface area contributed by atoms with Crippen LogP contribution >= 0.6 is 12.4 Å². The van der Waals surface area contributed by atoms with E-state index in [-0.39, 0.29) is 36.2 Å². The van der Waals surface area contributed by atoms with Crippen molar-refractivity contribution in [1.82, 2.24) is 9.80 Å². The number of amides is 2. The molecule has 7 heteroatoms. The van der Waals surface area contributed by atoms with Gasteiger partial charge in [-0.1, -0.05) is 12.1 Å². The van der Waals surface area contributed by atoms with E-state index in [0.29, 0.717) is 25.3 Å². The molecule has 2 aliphatic heterocycles. The number of likely N-dealkylation sites (tertiary alicyclic amines) is 2. The summed E-state index contributed by atoms with van der Waals surface area (Å²) in [6, 6.07) is 7.47. The van der Waals surface area contributed by atoms with Crippen LogP contribution in [0.5, 0.6) is 5.75 Å². The number of carbonyl (C=O) groups excluding carboxylic acids is 2. The first-order chi connectivity index (χ1) is 12.5. The average molecular weight is 396 g/mol. The van der Waals surface area contributed by atoms with E-state index in [1.165, 1.54) is 0 Å². The first-order valence-corrected chi connectivity index (χ1v) is 9.43. The monoisotopic (exact) mass is 395 g/mol. The Morgan fingerprint density at radius 2 is 1.81 bits per heavy atom. The van der Waals surface area contributed by atoms with Crippen LogP contribution in [0.25, 0.3) is 0 Å². The van der Waals surface area contributed by atoms with Gasteiger partial charge in [-0.25, -0.2) is 0 Å². The Bertz CT molecular complexity index is 644. The van der Waals surface area contributed by atoms with E-state index in [4.69, 9.17) is 10.5 Å². The number of benzene rings is 1. The number of hydrogen-bond acceptors (Lipinski definition) is 4. The van der Waals surface area contributed by atoms with Crippen molar-refractivity contribution in [3.63, 3.8) is 0 Å². The van der Waals surface area contributed by atoms with Gasteiger partial charge in [-0.3, -0.25) is 9.59 Å². The molecule has 150 valence electrons. The van der Waals surface area contributed by atoms with Gasteiger partial charge in [0.2, 0.25) is 11.8 Å². The lowest BCUT2D eigenvalue weighted by molar-refractivity contribution is -0.147. The topological polar surface area (TPSA) is 75.9 Å². The molecule has 2 fully saturated rings. The van der Waals surface area contributed by atoms with Gasteiger partial charge >= 0.3 is 0 Å². The largest absolute Gasteiger partial charge is 0.497 e. The molecule has 3 rings (SSSR count). The second-order valence-corrected chi connectivity index (χ2v) is 7.37. The van der Waals surface area contributed by atoms with E-state index in [0.717, 1.165) is 37.2 Å². The van der Waals surface area contributed by atoms with Crippen molar-refractivity contribution < 1.29 is 14.3 Å². The fourth-order valence-corrected chi connectivity index (χ4v) is 4.18.